The van der Waals surface area contributed by atoms with Gasteiger partial charge in [0.2, 0.25) is 21.9 Å². The Morgan fingerprint density at radius 3 is 2.43 bits per heavy atom. The third-order valence-electron chi connectivity index (χ3n) is 7.32. The minimum absolute atomic E-state index is 0.158. The maximum atomic E-state index is 12.9. The largest absolute Gasteiger partial charge is 0.496 e. The second kappa shape index (κ2) is 18.0. The summed E-state index contributed by atoms with van der Waals surface area (Å²) in [6.45, 7) is 0.795. The van der Waals surface area contributed by atoms with Gasteiger partial charge in [-0.3, -0.25) is 18.7 Å². The number of halogens is 1. The molecule has 4 N–H and O–H groups in total. The molecule has 0 unspecified atom stereocenters. The maximum Gasteiger partial charge on any atom is 0.255 e. The van der Waals surface area contributed by atoms with Crippen molar-refractivity contribution in [3.63, 3.8) is 0 Å². The zero-order valence-electron chi connectivity index (χ0n) is 27.5. The summed E-state index contributed by atoms with van der Waals surface area (Å²) in [6.07, 6.45) is 6.09. The molecule has 260 valence electrons. The number of aromatic nitrogens is 2. The van der Waals surface area contributed by atoms with E-state index in [0.717, 1.165) is 41.8 Å². The fraction of sp³-hybridized carbons (Fsp3) is 0.294. The molecule has 0 fully saturated rings. The van der Waals surface area contributed by atoms with Crippen LogP contribution in [-0.4, -0.2) is 57.2 Å². The monoisotopic (exact) mass is 709 g/mol. The molecule has 4 aromatic rings. The summed E-state index contributed by atoms with van der Waals surface area (Å²) >= 11 is 6.37. The number of carbonyl (C=O) groups excluding carboxylic acids is 2. The van der Waals surface area contributed by atoms with E-state index in [-0.39, 0.29) is 28.6 Å². The van der Waals surface area contributed by atoms with E-state index < -0.39 is 10.0 Å². The number of carbonyl (C=O) groups is 2. The molecule has 0 aliphatic heterocycles. The van der Waals surface area contributed by atoms with Crippen LogP contribution in [0.1, 0.15) is 48.0 Å². The summed E-state index contributed by atoms with van der Waals surface area (Å²) in [6, 6.07) is 21.5. The SMILES string of the molecule is COc1cc(Nc2ncc(Cl)c(Nc3ccccc3N(C)S(C)(=O)=O)n2)ccc1C(=O)NCCCCCCC(=O)NOCc1ccccc1. The predicted octanol–water partition coefficient (Wildman–Crippen LogP) is 5.95. The maximum absolute atomic E-state index is 12.9. The van der Waals surface area contributed by atoms with Crippen molar-refractivity contribution in [1.82, 2.24) is 20.8 Å². The Kier molecular flexibility index (Phi) is 13.6. The molecule has 3 aromatic carbocycles. The van der Waals surface area contributed by atoms with Crippen LogP contribution in [0.5, 0.6) is 5.75 Å². The molecule has 0 spiro atoms. The fourth-order valence-electron chi connectivity index (χ4n) is 4.65. The topological polar surface area (TPSA) is 164 Å². The van der Waals surface area contributed by atoms with E-state index >= 15 is 0 Å². The lowest BCUT2D eigenvalue weighted by Crippen LogP contribution is -2.25. The van der Waals surface area contributed by atoms with Gasteiger partial charge in [-0.1, -0.05) is 66.9 Å². The fourth-order valence-corrected chi connectivity index (χ4v) is 5.30. The van der Waals surface area contributed by atoms with Crippen LogP contribution < -0.4 is 30.5 Å². The van der Waals surface area contributed by atoms with Crippen LogP contribution in [0, 0.1) is 0 Å². The van der Waals surface area contributed by atoms with Crippen molar-refractivity contribution in [3.8, 4) is 5.75 Å². The van der Waals surface area contributed by atoms with E-state index in [1.54, 1.807) is 42.5 Å². The zero-order chi connectivity index (χ0) is 35.2. The average Bonchev–Trinajstić information content (AvgIpc) is 3.09. The van der Waals surface area contributed by atoms with Crippen LogP contribution in [0.2, 0.25) is 5.02 Å². The lowest BCUT2D eigenvalue weighted by molar-refractivity contribution is -0.134. The number of amides is 2. The van der Waals surface area contributed by atoms with E-state index in [0.29, 0.717) is 47.9 Å². The molecule has 1 aromatic heterocycles. The summed E-state index contributed by atoms with van der Waals surface area (Å²) in [5.41, 5.74) is 5.27. The third-order valence-corrected chi connectivity index (χ3v) is 8.79. The van der Waals surface area contributed by atoms with Gasteiger partial charge in [0.25, 0.3) is 5.91 Å². The minimum atomic E-state index is -3.51. The predicted molar refractivity (Wildman–Crippen MR) is 191 cm³/mol. The molecule has 0 atom stereocenters. The van der Waals surface area contributed by atoms with Crippen LogP contribution in [0.25, 0.3) is 0 Å². The van der Waals surface area contributed by atoms with Gasteiger partial charge < -0.3 is 20.7 Å². The normalized spacial score (nSPS) is 11.0. The number of ether oxygens (including phenoxy) is 1. The molecule has 0 saturated carbocycles. The highest BCUT2D eigenvalue weighted by Crippen LogP contribution is 2.32. The summed E-state index contributed by atoms with van der Waals surface area (Å²) in [7, 11) is -0.576. The van der Waals surface area contributed by atoms with E-state index in [9.17, 15) is 18.0 Å². The van der Waals surface area contributed by atoms with Crippen LogP contribution >= 0.6 is 11.6 Å². The van der Waals surface area contributed by atoms with Crippen molar-refractivity contribution in [2.45, 2.75) is 38.7 Å². The average molecular weight is 710 g/mol. The smallest absolute Gasteiger partial charge is 0.255 e. The first-order valence-corrected chi connectivity index (χ1v) is 17.8. The van der Waals surface area contributed by atoms with Gasteiger partial charge in [0, 0.05) is 31.8 Å². The number of para-hydroxylation sites is 2. The Morgan fingerprint density at radius 1 is 0.939 bits per heavy atom. The molecule has 0 radical (unpaired) electrons. The highest BCUT2D eigenvalue weighted by molar-refractivity contribution is 7.92. The summed E-state index contributed by atoms with van der Waals surface area (Å²) in [4.78, 5) is 38.8. The molecule has 0 aliphatic rings. The van der Waals surface area contributed by atoms with Crippen molar-refractivity contribution < 1.29 is 27.6 Å². The van der Waals surface area contributed by atoms with Crippen molar-refractivity contribution in [2.24, 2.45) is 0 Å². The van der Waals surface area contributed by atoms with Gasteiger partial charge in [-0.15, -0.1) is 0 Å². The van der Waals surface area contributed by atoms with Crippen molar-refractivity contribution >= 4 is 62.3 Å². The van der Waals surface area contributed by atoms with Crippen LogP contribution in [-0.2, 0) is 26.3 Å². The molecule has 2 amide bonds. The van der Waals surface area contributed by atoms with Gasteiger partial charge in [0.05, 0.1) is 43.1 Å². The molecule has 0 aliphatic carbocycles. The van der Waals surface area contributed by atoms with Crippen molar-refractivity contribution in [1.29, 1.82) is 0 Å². The van der Waals surface area contributed by atoms with E-state index in [2.05, 4.69) is 31.4 Å². The Labute approximate surface area is 291 Å². The zero-order valence-corrected chi connectivity index (χ0v) is 29.1. The van der Waals surface area contributed by atoms with E-state index in [1.807, 2.05) is 30.3 Å². The molecule has 0 saturated heterocycles. The van der Waals surface area contributed by atoms with Gasteiger partial charge in [-0.2, -0.15) is 4.98 Å². The first kappa shape index (κ1) is 36.9. The number of anilines is 5. The molecule has 4 rings (SSSR count). The molecule has 1 heterocycles. The first-order valence-electron chi connectivity index (χ1n) is 15.6. The highest BCUT2D eigenvalue weighted by atomic mass is 35.5. The highest BCUT2D eigenvalue weighted by Gasteiger charge is 2.18. The number of sulfonamides is 1. The van der Waals surface area contributed by atoms with Crippen molar-refractivity contribution in [3.05, 3.63) is 95.1 Å². The number of methoxy groups -OCH3 is 1. The Morgan fingerprint density at radius 2 is 1.67 bits per heavy atom. The number of hydroxylamine groups is 1. The second-order valence-corrected chi connectivity index (χ2v) is 13.4. The van der Waals surface area contributed by atoms with Gasteiger partial charge in [0.1, 0.15) is 10.8 Å². The van der Waals surface area contributed by atoms with Crippen LogP contribution in [0.3, 0.4) is 0 Å². The lowest BCUT2D eigenvalue weighted by atomic mass is 10.1. The number of hydrogen-bond donors (Lipinski definition) is 4. The van der Waals surface area contributed by atoms with Gasteiger partial charge in [-0.25, -0.2) is 18.9 Å². The van der Waals surface area contributed by atoms with Gasteiger partial charge >= 0.3 is 0 Å². The number of hydrogen-bond acceptors (Lipinski definition) is 10. The molecule has 49 heavy (non-hydrogen) atoms. The summed E-state index contributed by atoms with van der Waals surface area (Å²) in [5.74, 6) is 0.387. The van der Waals surface area contributed by atoms with Crippen LogP contribution in [0.4, 0.5) is 28.8 Å². The number of nitrogens with one attached hydrogen (secondary N) is 4. The first-order chi connectivity index (χ1) is 23.5. The van der Waals surface area contributed by atoms with E-state index in [1.165, 1.54) is 20.4 Å². The molecule has 0 bridgehead atoms. The Hall–Kier alpha value is -4.92. The molecular formula is C34H40ClN7O6S. The summed E-state index contributed by atoms with van der Waals surface area (Å²) in [5, 5.41) is 9.31. The minimum Gasteiger partial charge on any atom is -0.496 e. The Balaban J connectivity index is 1.24. The standard InChI is InChI=1S/C34H40ClN7O6S/c1-42(49(3,45)46)29-16-11-10-15-28(29)39-32-27(35)22-37-34(40-32)38-25-18-19-26(30(21-25)47-2)33(44)36-20-12-5-4-9-17-31(43)41-48-23-24-13-7-6-8-14-24/h6-8,10-11,13-16,18-19,21-22H,4-5,9,12,17,20,23H2,1-3H3,(H,36,44)(H,41,43)(H2,37,38,39,40). The Bertz CT molecular complexity index is 1830. The van der Waals surface area contributed by atoms with Gasteiger partial charge in [-0.05, 0) is 42.7 Å². The molecule has 15 heteroatoms. The third kappa shape index (κ3) is 11.3. The van der Waals surface area contributed by atoms with E-state index in [4.69, 9.17) is 21.2 Å². The second-order valence-electron chi connectivity index (χ2n) is 11.0. The molecule has 13 nitrogen and oxygen atoms in total. The lowest BCUT2D eigenvalue weighted by Gasteiger charge is -2.21. The number of rotatable bonds is 18. The van der Waals surface area contributed by atoms with Crippen LogP contribution in [0.15, 0.2) is 79.0 Å². The number of nitrogens with zero attached hydrogens (tertiary/aromatic N) is 3. The quantitative estimate of drug-likeness (QED) is 0.0717. The number of benzene rings is 3. The van der Waals surface area contributed by atoms with Crippen molar-refractivity contribution in [2.75, 3.05) is 41.9 Å². The van der Waals surface area contributed by atoms with Gasteiger partial charge in [0.15, 0.2) is 5.82 Å². The molecular weight excluding hydrogens is 670 g/mol. The number of unbranched alkanes of at least 4 members (excludes halogenated alkanes) is 3. The summed E-state index contributed by atoms with van der Waals surface area (Å²) < 4.78 is 30.9.